The molecule has 2 aliphatic heterocycles. The Balaban J connectivity index is 0.000000140. The first-order chi connectivity index (χ1) is 22.4. The molecule has 0 aliphatic carbocycles. The molecule has 13 heteroatoms. The van der Waals surface area contributed by atoms with E-state index in [-0.39, 0.29) is 23.5 Å². The Labute approximate surface area is 269 Å². The van der Waals surface area contributed by atoms with Crippen LogP contribution >= 0.6 is 15.9 Å². The predicted molar refractivity (Wildman–Crippen MR) is 175 cm³/mol. The lowest BCUT2D eigenvalue weighted by atomic mass is 10.0. The zero-order chi connectivity index (χ0) is 31.5. The van der Waals surface area contributed by atoms with Crippen LogP contribution < -0.4 is 20.9 Å². The van der Waals surface area contributed by atoms with Gasteiger partial charge in [0.05, 0.1) is 38.8 Å². The molecule has 0 amide bonds. The summed E-state index contributed by atoms with van der Waals surface area (Å²) < 4.78 is 18.2. The van der Waals surface area contributed by atoms with Crippen LogP contribution in [0.4, 0.5) is 0 Å². The Morgan fingerprint density at radius 1 is 0.783 bits per heavy atom. The average Bonchev–Trinajstić information content (AvgIpc) is 3.73. The highest BCUT2D eigenvalue weighted by Crippen LogP contribution is 2.41. The lowest BCUT2D eigenvalue weighted by molar-refractivity contribution is 0.252. The maximum absolute atomic E-state index is 12.7. The zero-order valence-corrected chi connectivity index (χ0v) is 26.4. The van der Waals surface area contributed by atoms with E-state index in [4.69, 9.17) is 9.47 Å². The average molecular weight is 680 g/mol. The third kappa shape index (κ3) is 4.37. The van der Waals surface area contributed by atoms with E-state index in [1.165, 1.54) is 0 Å². The molecular formula is C33H27BrN8O4. The quantitative estimate of drug-likeness (QED) is 0.272. The van der Waals surface area contributed by atoms with Crippen molar-refractivity contribution in [3.05, 3.63) is 122 Å². The lowest BCUT2D eigenvalue weighted by Gasteiger charge is -2.26. The number of benzene rings is 2. The number of hydrogen-bond donors (Lipinski definition) is 2. The number of aryl methyl sites for hydroxylation is 2. The molecule has 0 saturated carbocycles. The Morgan fingerprint density at radius 2 is 1.35 bits per heavy atom. The fourth-order valence-electron chi connectivity index (χ4n) is 6.41. The van der Waals surface area contributed by atoms with Crippen LogP contribution in [0.25, 0.3) is 33.3 Å². The van der Waals surface area contributed by atoms with Crippen LogP contribution in [-0.2, 0) is 7.05 Å². The van der Waals surface area contributed by atoms with E-state index in [9.17, 15) is 9.59 Å². The Bertz CT molecular complexity index is 2350. The molecule has 2 aliphatic rings. The van der Waals surface area contributed by atoms with Crippen molar-refractivity contribution in [1.29, 1.82) is 0 Å². The molecule has 9 rings (SSSR count). The SMILES string of the molecule is Cc1cnn(C)c1-c1ccc2[nH]c(=O)n3c2c1OCC3c1ccccn1.O=c1[nH]c2ccc(Br)c3c2n1C(c1ccccn1)CO3. The number of pyridine rings is 2. The lowest BCUT2D eigenvalue weighted by Crippen LogP contribution is -2.31. The second-order valence-corrected chi connectivity index (χ2v) is 12.0. The van der Waals surface area contributed by atoms with E-state index in [1.54, 1.807) is 21.5 Å². The van der Waals surface area contributed by atoms with E-state index >= 15 is 0 Å². The van der Waals surface area contributed by atoms with Crippen LogP contribution in [-0.4, -0.2) is 52.1 Å². The van der Waals surface area contributed by atoms with Gasteiger partial charge in [-0.25, -0.2) is 9.59 Å². The van der Waals surface area contributed by atoms with Crippen molar-refractivity contribution in [2.75, 3.05) is 13.2 Å². The number of nitrogens with zero attached hydrogens (tertiary/aromatic N) is 6. The van der Waals surface area contributed by atoms with Gasteiger partial charge < -0.3 is 19.4 Å². The van der Waals surface area contributed by atoms with Crippen molar-refractivity contribution in [3.8, 4) is 22.8 Å². The molecule has 0 spiro atoms. The minimum atomic E-state index is -0.257. The minimum Gasteiger partial charge on any atom is -0.488 e. The summed E-state index contributed by atoms with van der Waals surface area (Å²) in [5, 5.41) is 4.33. The number of imidazole rings is 2. The smallest absolute Gasteiger partial charge is 0.327 e. The summed E-state index contributed by atoms with van der Waals surface area (Å²) in [6, 6.07) is 18.5. The number of rotatable bonds is 3. The van der Waals surface area contributed by atoms with Gasteiger partial charge in [-0.1, -0.05) is 12.1 Å². The predicted octanol–water partition coefficient (Wildman–Crippen LogP) is 4.88. The van der Waals surface area contributed by atoms with Gasteiger partial charge >= 0.3 is 11.4 Å². The number of ether oxygens (including phenoxy) is 2. The third-order valence-corrected chi connectivity index (χ3v) is 9.07. The molecule has 230 valence electrons. The molecule has 2 atom stereocenters. The van der Waals surface area contributed by atoms with Gasteiger partial charge in [0.1, 0.15) is 36.3 Å². The highest BCUT2D eigenvalue weighted by atomic mass is 79.9. The van der Waals surface area contributed by atoms with Gasteiger partial charge in [-0.05, 0) is 76.9 Å². The van der Waals surface area contributed by atoms with Crippen LogP contribution in [0, 0.1) is 6.92 Å². The fraction of sp³-hybridized carbons (Fsp3) is 0.182. The number of hydrogen-bond acceptors (Lipinski definition) is 7. The largest absolute Gasteiger partial charge is 0.488 e. The molecule has 5 aromatic heterocycles. The summed E-state index contributed by atoms with van der Waals surface area (Å²) >= 11 is 3.46. The van der Waals surface area contributed by atoms with E-state index in [2.05, 4.69) is 41.0 Å². The monoisotopic (exact) mass is 678 g/mol. The van der Waals surface area contributed by atoms with Crippen LogP contribution in [0.1, 0.15) is 29.0 Å². The van der Waals surface area contributed by atoms with Crippen molar-refractivity contribution >= 4 is 38.0 Å². The highest BCUT2D eigenvalue weighted by Gasteiger charge is 2.31. The highest BCUT2D eigenvalue weighted by molar-refractivity contribution is 9.10. The molecule has 0 fully saturated rings. The molecule has 7 heterocycles. The Kier molecular flexibility index (Phi) is 6.64. The molecule has 2 aromatic carbocycles. The third-order valence-electron chi connectivity index (χ3n) is 8.45. The number of nitrogens with one attached hydrogen (secondary N) is 2. The summed E-state index contributed by atoms with van der Waals surface area (Å²) in [5.74, 6) is 1.41. The minimum absolute atomic E-state index is 0.140. The maximum atomic E-state index is 12.7. The molecule has 2 unspecified atom stereocenters. The van der Waals surface area contributed by atoms with E-state index in [0.717, 1.165) is 54.7 Å². The number of aromatic nitrogens is 8. The van der Waals surface area contributed by atoms with Crippen molar-refractivity contribution in [2.45, 2.75) is 19.0 Å². The molecule has 2 N–H and O–H groups in total. The molecule has 12 nitrogen and oxygen atoms in total. The summed E-state index contributed by atoms with van der Waals surface area (Å²) in [5.41, 5.74) is 7.40. The first kappa shape index (κ1) is 28.1. The van der Waals surface area contributed by atoms with Gasteiger partial charge in [0.15, 0.2) is 11.5 Å². The molecule has 46 heavy (non-hydrogen) atoms. The first-order valence-corrected chi connectivity index (χ1v) is 15.5. The fourth-order valence-corrected chi connectivity index (χ4v) is 6.84. The van der Waals surface area contributed by atoms with Gasteiger partial charge in [-0.2, -0.15) is 5.10 Å². The molecule has 7 aromatic rings. The van der Waals surface area contributed by atoms with E-state index in [0.29, 0.717) is 24.7 Å². The van der Waals surface area contributed by atoms with Crippen LogP contribution in [0.3, 0.4) is 0 Å². The van der Waals surface area contributed by atoms with Crippen molar-refractivity contribution < 1.29 is 9.47 Å². The second kappa shape index (κ2) is 10.9. The van der Waals surface area contributed by atoms with Crippen LogP contribution in [0.2, 0.25) is 0 Å². The number of halogens is 1. The molecule has 0 saturated heterocycles. The van der Waals surface area contributed by atoms with Gasteiger partial charge in [0.2, 0.25) is 0 Å². The summed E-state index contributed by atoms with van der Waals surface area (Å²) in [4.78, 5) is 39.5. The first-order valence-electron chi connectivity index (χ1n) is 14.7. The van der Waals surface area contributed by atoms with E-state index in [1.807, 2.05) is 85.5 Å². The standard InChI is InChI=1S/C19H17N5O2.C14H10BrN3O2/c1-11-9-21-23(2)16(11)12-6-7-14-17-18(12)26-10-15(24(17)19(25)22-14)13-5-3-4-8-20-13;15-8-4-5-10-12-13(8)20-7-11(18(12)14(19)17-10)9-3-1-2-6-16-9/h3-9,15H,10H2,1-2H3,(H,22,25);1-6,11H,7H2,(H,17,19). The van der Waals surface area contributed by atoms with E-state index < -0.39 is 0 Å². The van der Waals surface area contributed by atoms with Crippen LogP contribution in [0.15, 0.2) is 93.3 Å². The van der Waals surface area contributed by atoms with Crippen molar-refractivity contribution in [1.82, 2.24) is 38.9 Å². The summed E-state index contributed by atoms with van der Waals surface area (Å²) in [6.45, 7) is 2.76. The molecule has 0 bridgehead atoms. The van der Waals surface area contributed by atoms with Gasteiger partial charge in [0, 0.05) is 25.0 Å². The molecule has 0 radical (unpaired) electrons. The zero-order valence-electron chi connectivity index (χ0n) is 24.8. The topological polar surface area (TPSA) is 138 Å². The Morgan fingerprint density at radius 3 is 1.89 bits per heavy atom. The Hall–Kier alpha value is -5.43. The normalized spacial score (nSPS) is 16.5. The van der Waals surface area contributed by atoms with Gasteiger partial charge in [0.25, 0.3) is 0 Å². The van der Waals surface area contributed by atoms with Gasteiger partial charge in [-0.15, -0.1) is 0 Å². The number of H-pyrrole nitrogens is 2. The van der Waals surface area contributed by atoms with Crippen molar-refractivity contribution in [2.24, 2.45) is 7.05 Å². The summed E-state index contributed by atoms with van der Waals surface area (Å²) in [6.07, 6.45) is 5.28. The number of aromatic amines is 2. The second-order valence-electron chi connectivity index (χ2n) is 11.2. The van der Waals surface area contributed by atoms with Crippen LogP contribution in [0.5, 0.6) is 11.5 Å². The molecular weight excluding hydrogens is 652 g/mol. The maximum Gasteiger partial charge on any atom is 0.327 e. The summed E-state index contributed by atoms with van der Waals surface area (Å²) in [7, 11) is 1.91. The van der Waals surface area contributed by atoms with Crippen molar-refractivity contribution in [3.63, 3.8) is 0 Å². The van der Waals surface area contributed by atoms with Gasteiger partial charge in [-0.3, -0.25) is 23.8 Å².